The SMILES string of the molecule is CCN(Cc1cccc(Cl)c1)C(=O)[C@@H]1CC[C@H](C(=O)O)C1. The fourth-order valence-corrected chi connectivity index (χ4v) is 3.10. The number of rotatable bonds is 5. The number of aliphatic carboxylic acids is 1. The topological polar surface area (TPSA) is 57.6 Å². The highest BCUT2D eigenvalue weighted by molar-refractivity contribution is 6.30. The molecule has 1 fully saturated rings. The number of carboxylic acid groups (broad SMARTS) is 1. The number of halogens is 1. The Morgan fingerprint density at radius 2 is 2.05 bits per heavy atom. The molecule has 2 rings (SSSR count). The molecule has 0 heterocycles. The molecule has 0 radical (unpaired) electrons. The maximum atomic E-state index is 12.5. The van der Waals surface area contributed by atoms with Crippen molar-refractivity contribution >= 4 is 23.5 Å². The van der Waals surface area contributed by atoms with Gasteiger partial charge in [0.15, 0.2) is 0 Å². The Morgan fingerprint density at radius 3 is 2.62 bits per heavy atom. The molecule has 1 N–H and O–H groups in total. The van der Waals surface area contributed by atoms with Gasteiger partial charge in [-0.05, 0) is 43.9 Å². The van der Waals surface area contributed by atoms with Gasteiger partial charge in [-0.25, -0.2) is 0 Å². The van der Waals surface area contributed by atoms with Gasteiger partial charge in [-0.3, -0.25) is 9.59 Å². The molecule has 1 amide bonds. The molecule has 0 aliphatic heterocycles. The molecule has 21 heavy (non-hydrogen) atoms. The van der Waals surface area contributed by atoms with E-state index in [1.807, 2.05) is 25.1 Å². The molecule has 2 atom stereocenters. The average molecular weight is 310 g/mol. The van der Waals surface area contributed by atoms with Crippen molar-refractivity contribution in [1.82, 2.24) is 4.90 Å². The van der Waals surface area contributed by atoms with E-state index in [4.69, 9.17) is 16.7 Å². The third-order valence-corrected chi connectivity index (χ3v) is 4.32. The van der Waals surface area contributed by atoms with Crippen LogP contribution in [0.2, 0.25) is 5.02 Å². The Balaban J connectivity index is 2.01. The lowest BCUT2D eigenvalue weighted by molar-refractivity contribution is -0.141. The molecule has 0 unspecified atom stereocenters. The summed E-state index contributed by atoms with van der Waals surface area (Å²) in [7, 11) is 0. The van der Waals surface area contributed by atoms with E-state index in [1.54, 1.807) is 11.0 Å². The number of amides is 1. The zero-order valence-electron chi connectivity index (χ0n) is 12.1. The van der Waals surface area contributed by atoms with Gasteiger partial charge in [0, 0.05) is 24.0 Å². The van der Waals surface area contributed by atoms with Crippen molar-refractivity contribution in [3.05, 3.63) is 34.9 Å². The van der Waals surface area contributed by atoms with Gasteiger partial charge in [0.05, 0.1) is 5.92 Å². The number of nitrogens with zero attached hydrogens (tertiary/aromatic N) is 1. The third kappa shape index (κ3) is 3.97. The quantitative estimate of drug-likeness (QED) is 0.908. The van der Waals surface area contributed by atoms with Crippen LogP contribution in [-0.2, 0) is 16.1 Å². The van der Waals surface area contributed by atoms with E-state index < -0.39 is 5.97 Å². The molecule has 1 saturated carbocycles. The van der Waals surface area contributed by atoms with E-state index in [2.05, 4.69) is 0 Å². The lowest BCUT2D eigenvalue weighted by Gasteiger charge is -2.24. The molecule has 0 saturated heterocycles. The molecule has 0 aromatic heterocycles. The number of hydrogen-bond acceptors (Lipinski definition) is 2. The number of carboxylic acids is 1. The highest BCUT2D eigenvalue weighted by Gasteiger charge is 2.35. The molecule has 114 valence electrons. The van der Waals surface area contributed by atoms with Crippen LogP contribution in [0.5, 0.6) is 0 Å². The summed E-state index contributed by atoms with van der Waals surface area (Å²) in [5, 5.41) is 9.69. The first-order valence-electron chi connectivity index (χ1n) is 7.27. The lowest BCUT2D eigenvalue weighted by Crippen LogP contribution is -2.35. The standard InChI is InChI=1S/C16H20ClNO3/c1-2-18(10-11-4-3-5-14(17)8-11)15(19)12-6-7-13(9-12)16(20)21/h3-5,8,12-13H,2,6-7,9-10H2,1H3,(H,20,21)/t12-,13+/m1/s1. The van der Waals surface area contributed by atoms with E-state index in [0.29, 0.717) is 37.4 Å². The summed E-state index contributed by atoms with van der Waals surface area (Å²) in [5.41, 5.74) is 0.991. The Hall–Kier alpha value is -1.55. The number of carbonyl (C=O) groups excluding carboxylic acids is 1. The maximum absolute atomic E-state index is 12.5. The Kier molecular flexibility index (Phi) is 5.23. The summed E-state index contributed by atoms with van der Waals surface area (Å²) in [6, 6.07) is 7.46. The molecule has 1 aliphatic rings. The highest BCUT2D eigenvalue weighted by Crippen LogP contribution is 2.32. The van der Waals surface area contributed by atoms with E-state index in [0.717, 1.165) is 5.56 Å². The molecule has 5 heteroatoms. The second-order valence-electron chi connectivity index (χ2n) is 5.53. The van der Waals surface area contributed by atoms with Gasteiger partial charge in [0.1, 0.15) is 0 Å². The number of carbonyl (C=O) groups is 2. The fourth-order valence-electron chi connectivity index (χ4n) is 2.89. The predicted molar refractivity (Wildman–Crippen MR) is 81.0 cm³/mol. The monoisotopic (exact) mass is 309 g/mol. The summed E-state index contributed by atoms with van der Waals surface area (Å²) < 4.78 is 0. The van der Waals surface area contributed by atoms with Crippen LogP contribution in [0.1, 0.15) is 31.7 Å². The largest absolute Gasteiger partial charge is 0.481 e. The van der Waals surface area contributed by atoms with Gasteiger partial charge < -0.3 is 10.0 Å². The van der Waals surface area contributed by atoms with E-state index in [1.165, 1.54) is 0 Å². The summed E-state index contributed by atoms with van der Waals surface area (Å²) in [6.07, 6.45) is 1.72. The molecular formula is C16H20ClNO3. The summed E-state index contributed by atoms with van der Waals surface area (Å²) in [4.78, 5) is 25.3. The minimum absolute atomic E-state index is 0.0567. The molecule has 1 aromatic rings. The normalized spacial score (nSPS) is 21.2. The van der Waals surface area contributed by atoms with Crippen molar-refractivity contribution in [1.29, 1.82) is 0 Å². The molecular weight excluding hydrogens is 290 g/mol. The smallest absolute Gasteiger partial charge is 0.306 e. The van der Waals surface area contributed by atoms with Crippen LogP contribution in [0.4, 0.5) is 0 Å². The predicted octanol–water partition coefficient (Wildman–Crippen LogP) is 3.19. The lowest BCUT2D eigenvalue weighted by atomic mass is 10.0. The van der Waals surface area contributed by atoms with E-state index in [9.17, 15) is 9.59 Å². The van der Waals surface area contributed by atoms with Crippen LogP contribution in [0, 0.1) is 11.8 Å². The molecule has 0 spiro atoms. The first-order valence-corrected chi connectivity index (χ1v) is 7.65. The fraction of sp³-hybridized carbons (Fsp3) is 0.500. The summed E-state index contributed by atoms with van der Waals surface area (Å²) in [6.45, 7) is 3.07. The number of benzene rings is 1. The first-order chi connectivity index (χ1) is 10.0. The Labute approximate surface area is 129 Å². The van der Waals surface area contributed by atoms with E-state index in [-0.39, 0.29) is 17.7 Å². The first kappa shape index (κ1) is 15.8. The molecule has 1 aliphatic carbocycles. The van der Waals surface area contributed by atoms with Crippen molar-refractivity contribution in [2.24, 2.45) is 11.8 Å². The average Bonchev–Trinajstić information content (AvgIpc) is 2.94. The van der Waals surface area contributed by atoms with Gasteiger partial charge in [0.2, 0.25) is 5.91 Å². The molecule has 1 aromatic carbocycles. The van der Waals surface area contributed by atoms with Crippen LogP contribution in [-0.4, -0.2) is 28.4 Å². The van der Waals surface area contributed by atoms with Crippen molar-refractivity contribution in [3.63, 3.8) is 0 Å². The zero-order chi connectivity index (χ0) is 15.4. The highest BCUT2D eigenvalue weighted by atomic mass is 35.5. The van der Waals surface area contributed by atoms with Crippen LogP contribution in [0.3, 0.4) is 0 Å². The summed E-state index contributed by atoms with van der Waals surface area (Å²) in [5.74, 6) is -1.27. The van der Waals surface area contributed by atoms with Gasteiger partial charge in [-0.15, -0.1) is 0 Å². The molecule has 4 nitrogen and oxygen atoms in total. The van der Waals surface area contributed by atoms with Crippen molar-refractivity contribution in [2.75, 3.05) is 6.54 Å². The van der Waals surface area contributed by atoms with E-state index >= 15 is 0 Å². The zero-order valence-corrected chi connectivity index (χ0v) is 12.8. The maximum Gasteiger partial charge on any atom is 0.306 e. The number of hydrogen-bond donors (Lipinski definition) is 1. The van der Waals surface area contributed by atoms with Crippen LogP contribution in [0.15, 0.2) is 24.3 Å². The van der Waals surface area contributed by atoms with Gasteiger partial charge in [-0.1, -0.05) is 23.7 Å². The minimum atomic E-state index is -0.789. The minimum Gasteiger partial charge on any atom is -0.481 e. The molecule has 0 bridgehead atoms. The van der Waals surface area contributed by atoms with Crippen molar-refractivity contribution in [2.45, 2.75) is 32.7 Å². The van der Waals surface area contributed by atoms with Gasteiger partial charge in [-0.2, -0.15) is 0 Å². The Bertz CT molecular complexity index is 532. The summed E-state index contributed by atoms with van der Waals surface area (Å²) >= 11 is 5.96. The Morgan fingerprint density at radius 1 is 1.33 bits per heavy atom. The van der Waals surface area contributed by atoms with Crippen LogP contribution >= 0.6 is 11.6 Å². The van der Waals surface area contributed by atoms with Gasteiger partial charge in [0.25, 0.3) is 0 Å². The van der Waals surface area contributed by atoms with Crippen LogP contribution < -0.4 is 0 Å². The van der Waals surface area contributed by atoms with Gasteiger partial charge >= 0.3 is 5.97 Å². The van der Waals surface area contributed by atoms with Crippen LogP contribution in [0.25, 0.3) is 0 Å². The van der Waals surface area contributed by atoms with Crippen molar-refractivity contribution < 1.29 is 14.7 Å². The second kappa shape index (κ2) is 6.94. The second-order valence-corrected chi connectivity index (χ2v) is 5.96. The third-order valence-electron chi connectivity index (χ3n) is 4.09. The van der Waals surface area contributed by atoms with Crippen molar-refractivity contribution in [3.8, 4) is 0 Å².